The van der Waals surface area contributed by atoms with Gasteiger partial charge in [0.2, 0.25) is 0 Å². The molecule has 0 aliphatic rings. The summed E-state index contributed by atoms with van der Waals surface area (Å²) in [7, 11) is 0. The third-order valence-electron chi connectivity index (χ3n) is 2.82. The van der Waals surface area contributed by atoms with Crippen LogP contribution in [0.3, 0.4) is 0 Å². The molecule has 3 aromatic rings. The Morgan fingerprint density at radius 1 is 1.00 bits per heavy atom. The number of benzene rings is 2. The first kappa shape index (κ1) is 12.9. The highest BCUT2D eigenvalue weighted by Gasteiger charge is 2.14. The Balaban J connectivity index is 1.82. The van der Waals surface area contributed by atoms with E-state index in [4.69, 9.17) is 4.74 Å². The molecule has 1 aromatic heterocycles. The summed E-state index contributed by atoms with van der Waals surface area (Å²) in [4.78, 5) is 11.8. The van der Waals surface area contributed by atoms with Gasteiger partial charge in [-0.3, -0.25) is 5.32 Å². The number of aromatic nitrogens is 2. The summed E-state index contributed by atoms with van der Waals surface area (Å²) in [6, 6.07) is 15.7. The Morgan fingerprint density at radius 3 is 2.52 bits per heavy atom. The zero-order chi connectivity index (χ0) is 14.7. The molecule has 0 atom stereocenters. The molecule has 1 heterocycles. The summed E-state index contributed by atoms with van der Waals surface area (Å²) in [5.41, 5.74) is 1.10. The van der Waals surface area contributed by atoms with Gasteiger partial charge < -0.3 is 9.84 Å². The lowest BCUT2D eigenvalue weighted by Crippen LogP contribution is -2.17. The topological polar surface area (TPSA) is 84.3 Å². The van der Waals surface area contributed by atoms with Crippen LogP contribution in [0.4, 0.5) is 10.5 Å². The Morgan fingerprint density at radius 2 is 1.71 bits per heavy atom. The molecule has 6 nitrogen and oxygen atoms in total. The summed E-state index contributed by atoms with van der Waals surface area (Å²) in [5, 5.41) is 20.6. The van der Waals surface area contributed by atoms with Crippen LogP contribution in [0.1, 0.15) is 0 Å². The first-order valence-electron chi connectivity index (χ1n) is 6.22. The van der Waals surface area contributed by atoms with Crippen molar-refractivity contribution in [2.75, 3.05) is 5.32 Å². The van der Waals surface area contributed by atoms with Crippen molar-refractivity contribution in [1.82, 2.24) is 10.2 Å². The highest BCUT2D eigenvalue weighted by Crippen LogP contribution is 2.30. The van der Waals surface area contributed by atoms with E-state index in [2.05, 4.69) is 15.5 Å². The zero-order valence-corrected chi connectivity index (χ0v) is 10.9. The predicted octanol–water partition coefficient (Wildman–Crippen LogP) is 2.95. The maximum Gasteiger partial charge on any atom is 0.418 e. The molecule has 0 unspecified atom stereocenters. The van der Waals surface area contributed by atoms with Crippen molar-refractivity contribution >= 4 is 22.7 Å². The van der Waals surface area contributed by atoms with Gasteiger partial charge in [-0.25, -0.2) is 4.79 Å². The second-order valence-electron chi connectivity index (χ2n) is 4.25. The molecule has 6 heteroatoms. The van der Waals surface area contributed by atoms with E-state index in [0.717, 1.165) is 0 Å². The molecule has 2 N–H and O–H groups in total. The number of carbonyl (C=O) groups excluding carboxylic acids is 1. The molecule has 0 spiro atoms. The number of ether oxygens (including phenoxy) is 1. The second kappa shape index (κ2) is 5.46. The number of rotatable bonds is 2. The fourth-order valence-corrected chi connectivity index (χ4v) is 1.84. The number of hydrogen-bond donors (Lipinski definition) is 2. The van der Waals surface area contributed by atoms with E-state index in [-0.39, 0.29) is 11.6 Å². The quantitative estimate of drug-likeness (QED) is 0.754. The summed E-state index contributed by atoms with van der Waals surface area (Å²) in [5.74, 6) is -0.453. The summed E-state index contributed by atoms with van der Waals surface area (Å²) < 4.78 is 4.98. The number of hydrogen-bond acceptors (Lipinski definition) is 5. The van der Waals surface area contributed by atoms with Crippen LogP contribution in [-0.2, 0) is 0 Å². The number of nitrogens with one attached hydrogen (secondary N) is 1. The van der Waals surface area contributed by atoms with Crippen molar-refractivity contribution in [2.45, 2.75) is 0 Å². The number of amides is 1. The smallest absolute Gasteiger partial charge is 0.418 e. The predicted molar refractivity (Wildman–Crippen MR) is 77.3 cm³/mol. The molecule has 0 fully saturated rings. The monoisotopic (exact) mass is 281 g/mol. The Bertz CT molecular complexity index is 791. The highest BCUT2D eigenvalue weighted by atomic mass is 16.6. The number of fused-ring (bicyclic) bond motifs is 1. The van der Waals surface area contributed by atoms with Gasteiger partial charge >= 0.3 is 6.09 Å². The summed E-state index contributed by atoms with van der Waals surface area (Å²) in [6.45, 7) is 0. The van der Waals surface area contributed by atoms with Gasteiger partial charge in [-0.2, -0.15) is 0 Å². The Hall–Kier alpha value is -3.15. The van der Waals surface area contributed by atoms with Crippen molar-refractivity contribution in [3.63, 3.8) is 0 Å². The second-order valence-corrected chi connectivity index (χ2v) is 4.25. The van der Waals surface area contributed by atoms with E-state index >= 15 is 0 Å². The van der Waals surface area contributed by atoms with Crippen molar-refractivity contribution in [3.8, 4) is 11.6 Å². The van der Waals surface area contributed by atoms with Gasteiger partial charge in [0.1, 0.15) is 0 Å². The van der Waals surface area contributed by atoms with Crippen LogP contribution < -0.4 is 10.1 Å². The minimum atomic E-state index is -0.749. The first-order valence-corrected chi connectivity index (χ1v) is 6.22. The average molecular weight is 281 g/mol. The minimum Gasteiger partial charge on any atom is -0.503 e. The molecule has 2 aromatic carbocycles. The molecule has 0 saturated heterocycles. The molecule has 0 saturated carbocycles. The van der Waals surface area contributed by atoms with E-state index in [9.17, 15) is 9.90 Å². The zero-order valence-electron chi connectivity index (χ0n) is 10.9. The lowest BCUT2D eigenvalue weighted by Gasteiger charge is -2.07. The number of anilines is 1. The van der Waals surface area contributed by atoms with Gasteiger partial charge in [-0.1, -0.05) is 30.3 Å². The van der Waals surface area contributed by atoms with Gasteiger partial charge in [-0.05, 0) is 24.3 Å². The van der Waals surface area contributed by atoms with Gasteiger partial charge in [0.15, 0.2) is 5.75 Å². The molecule has 21 heavy (non-hydrogen) atoms. The van der Waals surface area contributed by atoms with Gasteiger partial charge in [0.25, 0.3) is 5.88 Å². The van der Waals surface area contributed by atoms with Crippen molar-refractivity contribution < 1.29 is 14.6 Å². The lowest BCUT2D eigenvalue weighted by atomic mass is 10.2. The fraction of sp³-hybridized carbons (Fsp3) is 0. The third kappa shape index (κ3) is 2.74. The maximum absolute atomic E-state index is 11.8. The van der Waals surface area contributed by atoms with Crippen LogP contribution in [-0.4, -0.2) is 21.4 Å². The van der Waals surface area contributed by atoms with Crippen LogP contribution in [0.25, 0.3) is 10.9 Å². The van der Waals surface area contributed by atoms with Crippen molar-refractivity contribution in [1.29, 1.82) is 0 Å². The SMILES string of the molecule is O=C(Nc1ccccc1)Oc1nnc2ccccc2c1O. The van der Waals surface area contributed by atoms with Crippen LogP contribution in [0, 0.1) is 0 Å². The lowest BCUT2D eigenvalue weighted by molar-refractivity contribution is 0.210. The highest BCUT2D eigenvalue weighted by molar-refractivity contribution is 5.89. The number of para-hydroxylation sites is 1. The van der Waals surface area contributed by atoms with E-state index in [1.54, 1.807) is 48.5 Å². The van der Waals surface area contributed by atoms with Crippen molar-refractivity contribution in [3.05, 3.63) is 54.6 Å². The van der Waals surface area contributed by atoms with Crippen molar-refractivity contribution in [2.24, 2.45) is 0 Å². The van der Waals surface area contributed by atoms with E-state index < -0.39 is 6.09 Å². The molecule has 1 amide bonds. The summed E-state index contributed by atoms with van der Waals surface area (Å²) >= 11 is 0. The molecule has 0 aliphatic carbocycles. The molecule has 3 rings (SSSR count). The van der Waals surface area contributed by atoms with E-state index in [1.165, 1.54) is 0 Å². The molecular formula is C15H11N3O3. The van der Waals surface area contributed by atoms with Gasteiger partial charge in [0, 0.05) is 11.1 Å². The number of carbonyl (C=O) groups is 1. The van der Waals surface area contributed by atoms with Crippen LogP contribution in [0.5, 0.6) is 11.6 Å². The van der Waals surface area contributed by atoms with Crippen LogP contribution in [0.15, 0.2) is 54.6 Å². The first-order chi connectivity index (χ1) is 10.2. The normalized spacial score (nSPS) is 10.3. The molecule has 0 radical (unpaired) electrons. The minimum absolute atomic E-state index is 0.219. The molecule has 0 bridgehead atoms. The molecule has 0 aliphatic heterocycles. The van der Waals surface area contributed by atoms with E-state index in [0.29, 0.717) is 16.6 Å². The maximum atomic E-state index is 11.8. The fourth-order valence-electron chi connectivity index (χ4n) is 1.84. The largest absolute Gasteiger partial charge is 0.503 e. The third-order valence-corrected chi connectivity index (χ3v) is 2.82. The molecular weight excluding hydrogens is 270 g/mol. The molecule has 104 valence electrons. The Kier molecular flexibility index (Phi) is 3.34. The number of aromatic hydroxyl groups is 1. The van der Waals surface area contributed by atoms with Gasteiger partial charge in [0.05, 0.1) is 5.52 Å². The van der Waals surface area contributed by atoms with E-state index in [1.807, 2.05) is 6.07 Å². The number of nitrogens with zero attached hydrogens (tertiary/aromatic N) is 2. The standard InChI is InChI=1S/C15H11N3O3/c19-13-11-8-4-5-9-12(11)17-18-14(13)21-15(20)16-10-6-2-1-3-7-10/h1-9H,(H,16,20)(H,17,19). The van der Waals surface area contributed by atoms with Gasteiger partial charge in [-0.15, -0.1) is 10.2 Å². The van der Waals surface area contributed by atoms with Crippen LogP contribution >= 0.6 is 0 Å². The van der Waals surface area contributed by atoms with Crippen LogP contribution in [0.2, 0.25) is 0 Å². The Labute approximate surface area is 120 Å². The summed E-state index contributed by atoms with van der Waals surface area (Å²) in [6.07, 6.45) is -0.749. The average Bonchev–Trinajstić information content (AvgIpc) is 2.51.